The first-order chi connectivity index (χ1) is 6.56. The van der Waals surface area contributed by atoms with Crippen LogP contribution in [0, 0.1) is 5.92 Å². The van der Waals surface area contributed by atoms with Crippen molar-refractivity contribution in [2.45, 2.75) is 56.4 Å². The van der Waals surface area contributed by atoms with Crippen molar-refractivity contribution in [3.05, 3.63) is 0 Å². The highest BCUT2D eigenvalue weighted by atomic mass is 35.8. The first-order valence-electron chi connectivity index (χ1n) is 5.63. The van der Waals surface area contributed by atoms with Gasteiger partial charge in [0.1, 0.15) is 0 Å². The molecule has 0 bridgehead atoms. The molecule has 0 radical (unpaired) electrons. The smallest absolute Gasteiger partial charge is 0.125 e. The van der Waals surface area contributed by atoms with Crippen molar-refractivity contribution in [2.24, 2.45) is 5.92 Å². The van der Waals surface area contributed by atoms with Gasteiger partial charge in [-0.2, -0.15) is 0 Å². The van der Waals surface area contributed by atoms with Crippen LogP contribution < -0.4 is 0 Å². The summed E-state index contributed by atoms with van der Waals surface area (Å²) in [6.45, 7) is 0. The van der Waals surface area contributed by atoms with Gasteiger partial charge in [-0.1, -0.05) is 38.5 Å². The molecule has 0 atom stereocenters. The van der Waals surface area contributed by atoms with Gasteiger partial charge in [-0.25, -0.2) is 0 Å². The lowest BCUT2D eigenvalue weighted by atomic mass is 9.70. The fraction of sp³-hybridized carbons (Fsp3) is 1.00. The van der Waals surface area contributed by atoms with E-state index < -0.39 is 6.00 Å². The topological polar surface area (TPSA) is 0 Å². The fourth-order valence-electron chi connectivity index (χ4n) is 3.41. The van der Waals surface area contributed by atoms with Gasteiger partial charge in [0.05, 0.1) is 0 Å². The van der Waals surface area contributed by atoms with Crippen molar-refractivity contribution in [1.29, 1.82) is 0 Å². The summed E-state index contributed by atoms with van der Waals surface area (Å²) in [4.78, 5) is 0. The first kappa shape index (κ1) is 11.6. The highest BCUT2D eigenvalue weighted by molar-refractivity contribution is 7.65. The average molecular weight is 272 g/mol. The largest absolute Gasteiger partial charge is 0.347 e. The average Bonchev–Trinajstić information content (AvgIpc) is 2.16. The molecule has 0 heterocycles. The van der Waals surface area contributed by atoms with Crippen LogP contribution in [0.4, 0.5) is 0 Å². The van der Waals surface area contributed by atoms with Crippen LogP contribution in [0.25, 0.3) is 0 Å². The molecule has 0 unspecified atom stereocenters. The molecule has 2 aliphatic rings. The summed E-state index contributed by atoms with van der Waals surface area (Å²) in [7, 11) is 0. The number of hydrogen-bond acceptors (Lipinski definition) is 0. The van der Waals surface area contributed by atoms with Crippen LogP contribution in [0.2, 0.25) is 5.04 Å². The molecule has 2 saturated carbocycles. The Kier molecular flexibility index (Phi) is 3.44. The van der Waals surface area contributed by atoms with Gasteiger partial charge in [-0.05, 0) is 18.8 Å². The van der Waals surface area contributed by atoms with E-state index in [2.05, 4.69) is 0 Å². The zero-order valence-corrected chi connectivity index (χ0v) is 11.6. The molecule has 0 aromatic rings. The highest BCUT2D eigenvalue weighted by Gasteiger charge is 2.56. The molecular weight excluding hydrogens is 255 g/mol. The first-order valence-corrected chi connectivity index (χ1v) is 10.7. The third-order valence-corrected chi connectivity index (χ3v) is 9.62. The van der Waals surface area contributed by atoms with Crippen LogP contribution >= 0.6 is 33.2 Å². The Morgan fingerprint density at radius 2 is 1.36 bits per heavy atom. The maximum Gasteiger partial charge on any atom is 0.347 e. The Morgan fingerprint density at radius 1 is 0.857 bits per heavy atom. The number of halogens is 3. The van der Waals surface area contributed by atoms with Crippen LogP contribution in [0.1, 0.15) is 51.4 Å². The quantitative estimate of drug-likeness (QED) is 0.457. The van der Waals surface area contributed by atoms with E-state index in [0.717, 1.165) is 5.92 Å². The molecule has 82 valence electrons. The lowest BCUT2D eigenvalue weighted by Gasteiger charge is -2.50. The van der Waals surface area contributed by atoms with E-state index in [1.54, 1.807) is 0 Å². The fourth-order valence-corrected chi connectivity index (χ4v) is 8.17. The van der Waals surface area contributed by atoms with Crippen molar-refractivity contribution in [1.82, 2.24) is 0 Å². The summed E-state index contributed by atoms with van der Waals surface area (Å²) in [6, 6.07) is -2.52. The predicted octanol–water partition coefficient (Wildman–Crippen LogP) is 5.15. The summed E-state index contributed by atoms with van der Waals surface area (Å²) in [5, 5.41) is 0.147. The Balaban J connectivity index is 2.25. The maximum absolute atomic E-state index is 6.35. The van der Waals surface area contributed by atoms with Gasteiger partial charge in [-0.15, -0.1) is 33.2 Å². The minimum absolute atomic E-state index is 0.147. The molecule has 0 amide bonds. The molecule has 0 saturated heterocycles. The normalized spacial score (nSPS) is 39.2. The second-order valence-electron chi connectivity index (χ2n) is 4.84. The van der Waals surface area contributed by atoms with E-state index >= 15 is 0 Å². The number of hydrogen-bond donors (Lipinski definition) is 0. The second-order valence-corrected chi connectivity index (χ2v) is 13.7. The minimum atomic E-state index is -2.52. The van der Waals surface area contributed by atoms with Gasteiger partial charge in [-0.3, -0.25) is 0 Å². The predicted molar refractivity (Wildman–Crippen MR) is 66.4 cm³/mol. The maximum atomic E-state index is 6.35. The molecule has 4 heteroatoms. The van der Waals surface area contributed by atoms with Crippen molar-refractivity contribution in [2.75, 3.05) is 0 Å². The van der Waals surface area contributed by atoms with Crippen LogP contribution in [0.5, 0.6) is 0 Å². The van der Waals surface area contributed by atoms with E-state index in [1.807, 2.05) is 0 Å². The van der Waals surface area contributed by atoms with Gasteiger partial charge in [0.15, 0.2) is 0 Å². The van der Waals surface area contributed by atoms with Crippen molar-refractivity contribution in [3.8, 4) is 0 Å². The molecule has 2 aliphatic carbocycles. The molecule has 0 aliphatic heterocycles. The molecule has 2 fully saturated rings. The molecule has 14 heavy (non-hydrogen) atoms. The molecule has 0 N–H and O–H groups in total. The van der Waals surface area contributed by atoms with Gasteiger partial charge in [0.2, 0.25) is 0 Å². The zero-order chi connectivity index (χ0) is 10.2. The Hall–Kier alpha value is 1.09. The summed E-state index contributed by atoms with van der Waals surface area (Å²) in [6.07, 6.45) is 10.2. The molecule has 0 spiro atoms. The van der Waals surface area contributed by atoms with E-state index in [0.29, 0.717) is 0 Å². The molecule has 0 aromatic carbocycles. The third-order valence-electron chi connectivity index (χ3n) is 4.20. The van der Waals surface area contributed by atoms with Crippen LogP contribution in [0.15, 0.2) is 0 Å². The molecule has 0 aromatic heterocycles. The lowest BCUT2D eigenvalue weighted by Crippen LogP contribution is -2.43. The lowest BCUT2D eigenvalue weighted by molar-refractivity contribution is 0.185. The van der Waals surface area contributed by atoms with Gasteiger partial charge >= 0.3 is 6.00 Å². The monoisotopic (exact) mass is 270 g/mol. The molecular formula is C10H17Cl3Si. The van der Waals surface area contributed by atoms with Crippen LogP contribution in [0.3, 0.4) is 0 Å². The summed E-state index contributed by atoms with van der Waals surface area (Å²) in [5.74, 6) is 0.726. The van der Waals surface area contributed by atoms with E-state index in [-0.39, 0.29) is 5.04 Å². The van der Waals surface area contributed by atoms with E-state index in [4.69, 9.17) is 33.2 Å². The summed E-state index contributed by atoms with van der Waals surface area (Å²) >= 11 is 19.0. The highest BCUT2D eigenvalue weighted by Crippen LogP contribution is 2.64. The van der Waals surface area contributed by atoms with E-state index in [9.17, 15) is 0 Å². The molecule has 2 rings (SSSR count). The van der Waals surface area contributed by atoms with Crippen molar-refractivity contribution in [3.63, 3.8) is 0 Å². The van der Waals surface area contributed by atoms with Crippen LogP contribution in [-0.2, 0) is 0 Å². The van der Waals surface area contributed by atoms with Crippen molar-refractivity contribution >= 4 is 39.2 Å². The third kappa shape index (κ3) is 1.86. The van der Waals surface area contributed by atoms with Gasteiger partial charge < -0.3 is 0 Å². The van der Waals surface area contributed by atoms with E-state index in [1.165, 1.54) is 51.4 Å². The Labute approximate surface area is 101 Å². The summed E-state index contributed by atoms with van der Waals surface area (Å²) in [5.41, 5.74) is 0. The molecule has 0 nitrogen and oxygen atoms in total. The Bertz CT molecular complexity index is 200. The number of rotatable bonds is 1. The standard InChI is InChI=1S/C10H17Cl3Si/c11-14(12,13)10-7-3-1-5-9(10)6-2-4-8-10/h9H,1-8H2. The Morgan fingerprint density at radius 3 is 1.71 bits per heavy atom. The van der Waals surface area contributed by atoms with Crippen molar-refractivity contribution < 1.29 is 0 Å². The second kappa shape index (κ2) is 4.16. The van der Waals surface area contributed by atoms with Gasteiger partial charge in [0, 0.05) is 5.04 Å². The van der Waals surface area contributed by atoms with Gasteiger partial charge in [0.25, 0.3) is 0 Å². The number of fused-ring (bicyclic) bond motifs is 1. The minimum Gasteiger partial charge on any atom is -0.125 e. The van der Waals surface area contributed by atoms with Crippen LogP contribution in [-0.4, -0.2) is 6.00 Å². The zero-order valence-electron chi connectivity index (χ0n) is 8.37. The summed E-state index contributed by atoms with van der Waals surface area (Å²) < 4.78 is 0. The SMILES string of the molecule is Cl[Si](Cl)(Cl)C12CCCCC1CCCC2.